The quantitative estimate of drug-likeness (QED) is 0.292. The van der Waals surface area contributed by atoms with E-state index >= 15 is 4.39 Å². The van der Waals surface area contributed by atoms with Crippen molar-refractivity contribution in [3.8, 4) is 5.75 Å². The van der Waals surface area contributed by atoms with Crippen LogP contribution >= 0.6 is 23.2 Å². The molecule has 14 heteroatoms. The molecular formula is C22H21Cl2F4N5O3. The number of ether oxygens (including phenoxy) is 1. The number of rotatable bonds is 7. The summed E-state index contributed by atoms with van der Waals surface area (Å²) in [6.45, 7) is 3.51. The molecule has 3 aromatic rings. The number of carbonyl (C=O) groups is 2. The molecule has 0 radical (unpaired) electrons. The first-order chi connectivity index (χ1) is 16.6. The lowest BCUT2D eigenvalue weighted by atomic mass is 9.95. The van der Waals surface area contributed by atoms with Gasteiger partial charge in [0.1, 0.15) is 5.52 Å². The lowest BCUT2D eigenvalue weighted by molar-refractivity contribution is -0.153. The SMILES string of the molecule is CC(C)(C)C(=O)NCc1ccc(Cl)c(Nc2nc3c(F)c(OCC(F)(F)F)c(C(N)=O)cc3[nH]2)c1Cl. The fraction of sp³-hybridized carbons (Fsp3) is 0.318. The molecule has 3 rings (SSSR count). The summed E-state index contributed by atoms with van der Waals surface area (Å²) in [5.41, 5.74) is 4.19. The molecule has 36 heavy (non-hydrogen) atoms. The van der Waals surface area contributed by atoms with Crippen molar-refractivity contribution in [2.24, 2.45) is 11.1 Å². The Kier molecular flexibility index (Phi) is 7.61. The second-order valence-electron chi connectivity index (χ2n) is 8.77. The highest BCUT2D eigenvalue weighted by atomic mass is 35.5. The Bertz CT molecular complexity index is 1340. The molecule has 1 aromatic heterocycles. The Balaban J connectivity index is 1.96. The summed E-state index contributed by atoms with van der Waals surface area (Å²) in [6.07, 6.45) is -4.78. The van der Waals surface area contributed by atoms with Gasteiger partial charge in [-0.15, -0.1) is 0 Å². The topological polar surface area (TPSA) is 122 Å². The van der Waals surface area contributed by atoms with Gasteiger partial charge in [0.15, 0.2) is 18.2 Å². The van der Waals surface area contributed by atoms with Crippen molar-refractivity contribution in [2.75, 3.05) is 11.9 Å². The van der Waals surface area contributed by atoms with Gasteiger partial charge in [-0.3, -0.25) is 9.59 Å². The lowest BCUT2D eigenvalue weighted by Crippen LogP contribution is -2.34. The van der Waals surface area contributed by atoms with Gasteiger partial charge >= 0.3 is 6.18 Å². The number of hydrogen-bond acceptors (Lipinski definition) is 5. The zero-order valence-electron chi connectivity index (χ0n) is 19.2. The van der Waals surface area contributed by atoms with Crippen LogP contribution in [0.15, 0.2) is 18.2 Å². The van der Waals surface area contributed by atoms with Gasteiger partial charge in [0.2, 0.25) is 11.9 Å². The molecule has 0 aliphatic rings. The number of hydrogen-bond donors (Lipinski definition) is 4. The van der Waals surface area contributed by atoms with E-state index in [2.05, 4.69) is 25.3 Å². The van der Waals surface area contributed by atoms with E-state index in [4.69, 9.17) is 28.9 Å². The largest absolute Gasteiger partial charge is 0.480 e. The van der Waals surface area contributed by atoms with Gasteiger partial charge in [-0.05, 0) is 17.7 Å². The van der Waals surface area contributed by atoms with Gasteiger partial charge in [0.05, 0.1) is 26.8 Å². The highest BCUT2D eigenvalue weighted by Gasteiger charge is 2.31. The minimum absolute atomic E-state index is 0.0519. The van der Waals surface area contributed by atoms with Gasteiger partial charge in [-0.25, -0.2) is 9.37 Å². The van der Waals surface area contributed by atoms with Gasteiger partial charge in [-0.1, -0.05) is 50.0 Å². The number of fused-ring (bicyclic) bond motifs is 1. The molecule has 0 aliphatic carbocycles. The van der Waals surface area contributed by atoms with Gasteiger partial charge in [0.25, 0.3) is 5.91 Å². The number of halogens is 6. The number of imidazole rings is 1. The minimum Gasteiger partial charge on any atom is -0.480 e. The number of anilines is 2. The normalized spacial score (nSPS) is 12.0. The van der Waals surface area contributed by atoms with Crippen molar-refractivity contribution in [1.82, 2.24) is 15.3 Å². The van der Waals surface area contributed by atoms with E-state index in [0.29, 0.717) is 5.56 Å². The number of primary amides is 1. The molecule has 2 amide bonds. The molecule has 1 heterocycles. The summed E-state index contributed by atoms with van der Waals surface area (Å²) < 4.78 is 57.3. The van der Waals surface area contributed by atoms with Crippen LogP contribution in [0.2, 0.25) is 10.0 Å². The number of benzene rings is 2. The van der Waals surface area contributed by atoms with E-state index < -0.39 is 46.8 Å². The smallest absolute Gasteiger partial charge is 0.422 e. The van der Waals surface area contributed by atoms with Crippen molar-refractivity contribution in [1.29, 1.82) is 0 Å². The van der Waals surface area contributed by atoms with Crippen LogP contribution in [0, 0.1) is 11.2 Å². The molecule has 0 aliphatic heterocycles. The Morgan fingerprint density at radius 2 is 1.86 bits per heavy atom. The van der Waals surface area contributed by atoms with Crippen molar-refractivity contribution < 1.29 is 31.9 Å². The fourth-order valence-corrected chi connectivity index (χ4v) is 3.57. The molecular weight excluding hydrogens is 529 g/mol. The van der Waals surface area contributed by atoms with Crippen molar-refractivity contribution in [2.45, 2.75) is 33.5 Å². The molecule has 0 bridgehead atoms. The molecule has 2 aromatic carbocycles. The Hall–Kier alpha value is -3.25. The molecule has 0 saturated heterocycles. The van der Waals surface area contributed by atoms with E-state index in [1.54, 1.807) is 26.8 Å². The molecule has 8 nitrogen and oxygen atoms in total. The number of aromatic nitrogens is 2. The van der Waals surface area contributed by atoms with Crippen LogP contribution in [0.5, 0.6) is 5.75 Å². The number of nitrogens with one attached hydrogen (secondary N) is 3. The summed E-state index contributed by atoms with van der Waals surface area (Å²) in [4.78, 5) is 30.6. The van der Waals surface area contributed by atoms with E-state index in [9.17, 15) is 22.8 Å². The van der Waals surface area contributed by atoms with Gasteiger partial charge < -0.3 is 26.1 Å². The monoisotopic (exact) mass is 549 g/mol. The maximum atomic E-state index is 15.0. The van der Waals surface area contributed by atoms with Crippen LogP contribution in [0.25, 0.3) is 11.0 Å². The maximum Gasteiger partial charge on any atom is 0.422 e. The highest BCUT2D eigenvalue weighted by Crippen LogP contribution is 2.37. The summed E-state index contributed by atoms with van der Waals surface area (Å²) in [5, 5.41) is 5.86. The lowest BCUT2D eigenvalue weighted by Gasteiger charge is -2.19. The number of carbonyl (C=O) groups excluding carboxylic acids is 2. The molecule has 5 N–H and O–H groups in total. The van der Waals surface area contributed by atoms with E-state index in [-0.39, 0.29) is 39.6 Å². The molecule has 0 saturated carbocycles. The zero-order valence-corrected chi connectivity index (χ0v) is 20.7. The second-order valence-corrected chi connectivity index (χ2v) is 9.56. The third kappa shape index (κ3) is 6.11. The number of nitrogens with two attached hydrogens (primary N) is 1. The number of alkyl halides is 3. The number of nitrogens with zero attached hydrogens (tertiary/aromatic N) is 1. The Labute approximate surface area is 212 Å². The summed E-state index contributed by atoms with van der Waals surface area (Å²) in [6, 6.07) is 4.15. The van der Waals surface area contributed by atoms with Crippen LogP contribution in [0.1, 0.15) is 36.7 Å². The molecule has 0 spiro atoms. The average molecular weight is 550 g/mol. The Morgan fingerprint density at radius 3 is 2.44 bits per heavy atom. The first kappa shape index (κ1) is 27.3. The van der Waals surface area contributed by atoms with E-state index in [0.717, 1.165) is 6.07 Å². The standard InChI is InChI=1S/C22H21Cl2F4N5O3/c1-21(2,3)19(35)30-7-9-4-5-11(23)15(13(9)24)32-20-31-12-6-10(18(29)34)17(14(25)16(12)33-20)36-8-22(26,27)28/h4-6H,7-8H2,1-3H3,(H2,29,34)(H,30,35)(H2,31,32,33). The predicted octanol–water partition coefficient (Wildman–Crippen LogP) is 5.45. The maximum absolute atomic E-state index is 15.0. The molecule has 194 valence electrons. The molecule has 0 unspecified atom stereocenters. The van der Waals surface area contributed by atoms with E-state index in [1.807, 2.05) is 0 Å². The zero-order chi connectivity index (χ0) is 27.0. The minimum atomic E-state index is -4.78. The Morgan fingerprint density at radius 1 is 1.19 bits per heavy atom. The van der Waals surface area contributed by atoms with Crippen LogP contribution < -0.4 is 21.1 Å². The summed E-state index contributed by atoms with van der Waals surface area (Å²) in [5.74, 6) is -3.78. The number of amides is 2. The molecule has 0 atom stereocenters. The van der Waals surface area contributed by atoms with Crippen LogP contribution in [-0.4, -0.2) is 34.6 Å². The highest BCUT2D eigenvalue weighted by molar-refractivity contribution is 6.39. The number of aromatic amines is 1. The third-order valence-corrected chi connectivity index (χ3v) is 5.60. The van der Waals surface area contributed by atoms with Crippen LogP contribution in [0.4, 0.5) is 29.2 Å². The van der Waals surface area contributed by atoms with Crippen molar-refractivity contribution in [3.63, 3.8) is 0 Å². The second kappa shape index (κ2) is 10.0. The van der Waals surface area contributed by atoms with Gasteiger partial charge in [-0.2, -0.15) is 13.2 Å². The van der Waals surface area contributed by atoms with Crippen molar-refractivity contribution >= 4 is 57.7 Å². The first-order valence-corrected chi connectivity index (χ1v) is 11.1. The van der Waals surface area contributed by atoms with Crippen molar-refractivity contribution in [3.05, 3.63) is 45.2 Å². The fourth-order valence-electron chi connectivity index (χ4n) is 3.04. The summed E-state index contributed by atoms with van der Waals surface area (Å²) >= 11 is 12.7. The van der Waals surface area contributed by atoms with E-state index in [1.165, 1.54) is 6.07 Å². The predicted molar refractivity (Wildman–Crippen MR) is 127 cm³/mol. The van der Waals surface area contributed by atoms with Crippen LogP contribution in [0.3, 0.4) is 0 Å². The summed E-state index contributed by atoms with van der Waals surface area (Å²) in [7, 11) is 0. The first-order valence-electron chi connectivity index (χ1n) is 10.3. The van der Waals surface area contributed by atoms with Gasteiger partial charge in [0, 0.05) is 12.0 Å². The van der Waals surface area contributed by atoms with Crippen LogP contribution in [-0.2, 0) is 11.3 Å². The molecule has 0 fully saturated rings. The number of H-pyrrole nitrogens is 1. The average Bonchev–Trinajstić information content (AvgIpc) is 3.16. The third-order valence-electron chi connectivity index (χ3n) is 4.85.